The summed E-state index contributed by atoms with van der Waals surface area (Å²) in [6.07, 6.45) is 5.55. The molecule has 0 bridgehead atoms. The zero-order valence-electron chi connectivity index (χ0n) is 9.46. The number of nitrogens with two attached hydrogens (primary N) is 1. The number of benzene rings is 1. The Kier molecular flexibility index (Phi) is 4.42. The van der Waals surface area contributed by atoms with Crippen molar-refractivity contribution in [2.75, 3.05) is 6.26 Å². The fourth-order valence-corrected chi connectivity index (χ4v) is 3.08. The third kappa shape index (κ3) is 3.00. The van der Waals surface area contributed by atoms with Crippen molar-refractivity contribution in [2.45, 2.75) is 21.5 Å². The molecule has 1 aromatic heterocycles. The lowest BCUT2D eigenvalue weighted by atomic mass is 10.2. The number of rotatable bonds is 4. The summed E-state index contributed by atoms with van der Waals surface area (Å²) in [5, 5.41) is 0.750. The van der Waals surface area contributed by atoms with Crippen LogP contribution in [-0.2, 0) is 6.54 Å². The monoisotopic (exact) mass is 263 g/mol. The summed E-state index contributed by atoms with van der Waals surface area (Å²) in [6, 6.07) is 7.99. The minimum Gasteiger partial charge on any atom is -0.326 e. The number of aromatic nitrogens is 2. The van der Waals surface area contributed by atoms with Crippen molar-refractivity contribution in [3.05, 3.63) is 42.2 Å². The van der Waals surface area contributed by atoms with Crippen molar-refractivity contribution in [3.8, 4) is 0 Å². The molecule has 0 radical (unpaired) electrons. The van der Waals surface area contributed by atoms with Gasteiger partial charge in [0.1, 0.15) is 0 Å². The molecule has 0 atom stereocenters. The standard InChI is InChI=1S/C12H13N3S2/c1-16-10-4-2-5-11(9(10)8-13)17-12-14-6-3-7-15-12/h2-7H,8,13H2,1H3. The van der Waals surface area contributed by atoms with E-state index in [1.807, 2.05) is 12.1 Å². The fraction of sp³-hybridized carbons (Fsp3) is 0.167. The average Bonchev–Trinajstić information content (AvgIpc) is 2.39. The molecule has 1 heterocycles. The van der Waals surface area contributed by atoms with Crippen molar-refractivity contribution >= 4 is 23.5 Å². The predicted octanol–water partition coefficient (Wildman–Crippen LogP) is 2.81. The van der Waals surface area contributed by atoms with Crippen LogP contribution in [0.25, 0.3) is 0 Å². The Balaban J connectivity index is 2.33. The molecule has 0 unspecified atom stereocenters. The van der Waals surface area contributed by atoms with Crippen molar-refractivity contribution in [2.24, 2.45) is 5.73 Å². The second-order valence-corrected chi connectivity index (χ2v) is 5.13. The Morgan fingerprint density at radius 2 is 1.82 bits per heavy atom. The first-order valence-electron chi connectivity index (χ1n) is 5.16. The number of nitrogens with zero attached hydrogens (tertiary/aromatic N) is 2. The lowest BCUT2D eigenvalue weighted by molar-refractivity contribution is 0.950. The summed E-state index contributed by atoms with van der Waals surface area (Å²) in [5.74, 6) is 0. The first-order valence-corrected chi connectivity index (χ1v) is 7.20. The van der Waals surface area contributed by atoms with Gasteiger partial charge in [0.15, 0.2) is 5.16 Å². The van der Waals surface area contributed by atoms with E-state index in [2.05, 4.69) is 28.4 Å². The van der Waals surface area contributed by atoms with E-state index in [0.717, 1.165) is 15.6 Å². The lowest BCUT2D eigenvalue weighted by Crippen LogP contribution is -2.00. The second kappa shape index (κ2) is 6.05. The van der Waals surface area contributed by atoms with E-state index in [0.29, 0.717) is 6.54 Å². The van der Waals surface area contributed by atoms with E-state index in [1.54, 1.807) is 35.9 Å². The van der Waals surface area contributed by atoms with Gasteiger partial charge >= 0.3 is 0 Å². The second-order valence-electron chi connectivity index (χ2n) is 3.27. The molecule has 0 aliphatic heterocycles. The summed E-state index contributed by atoms with van der Waals surface area (Å²) >= 11 is 3.26. The van der Waals surface area contributed by atoms with E-state index >= 15 is 0 Å². The van der Waals surface area contributed by atoms with Crippen LogP contribution in [0.4, 0.5) is 0 Å². The van der Waals surface area contributed by atoms with Gasteiger partial charge in [0.05, 0.1) is 0 Å². The van der Waals surface area contributed by atoms with Crippen LogP contribution in [0, 0.1) is 0 Å². The third-order valence-electron chi connectivity index (χ3n) is 2.26. The Hall–Kier alpha value is -1.04. The highest BCUT2D eigenvalue weighted by Gasteiger charge is 2.08. The Labute approximate surface area is 109 Å². The number of hydrogen-bond donors (Lipinski definition) is 1. The molecule has 2 N–H and O–H groups in total. The minimum atomic E-state index is 0.534. The fourth-order valence-electron chi connectivity index (χ4n) is 1.47. The van der Waals surface area contributed by atoms with Crippen molar-refractivity contribution in [3.63, 3.8) is 0 Å². The molecule has 5 heteroatoms. The normalized spacial score (nSPS) is 10.5. The Morgan fingerprint density at radius 1 is 1.12 bits per heavy atom. The smallest absolute Gasteiger partial charge is 0.192 e. The quantitative estimate of drug-likeness (QED) is 0.679. The van der Waals surface area contributed by atoms with Gasteiger partial charge in [-0.2, -0.15) is 0 Å². The molecule has 0 aliphatic carbocycles. The van der Waals surface area contributed by atoms with Crippen molar-refractivity contribution < 1.29 is 0 Å². The van der Waals surface area contributed by atoms with Crippen molar-refractivity contribution in [1.29, 1.82) is 0 Å². The average molecular weight is 263 g/mol. The lowest BCUT2D eigenvalue weighted by Gasteiger charge is -2.10. The van der Waals surface area contributed by atoms with E-state index in [-0.39, 0.29) is 0 Å². The van der Waals surface area contributed by atoms with Gasteiger partial charge in [0.25, 0.3) is 0 Å². The van der Waals surface area contributed by atoms with Crippen LogP contribution in [-0.4, -0.2) is 16.2 Å². The van der Waals surface area contributed by atoms with Gasteiger partial charge in [-0.3, -0.25) is 0 Å². The highest BCUT2D eigenvalue weighted by atomic mass is 32.2. The summed E-state index contributed by atoms with van der Waals surface area (Å²) in [5.41, 5.74) is 6.98. The molecule has 0 amide bonds. The molecular weight excluding hydrogens is 250 g/mol. The number of thioether (sulfide) groups is 1. The molecule has 0 saturated heterocycles. The van der Waals surface area contributed by atoms with Gasteiger partial charge in [-0.15, -0.1) is 11.8 Å². The molecule has 0 aliphatic rings. The molecule has 1 aromatic carbocycles. The first kappa shape index (κ1) is 12.4. The molecule has 2 rings (SSSR count). The van der Waals surface area contributed by atoms with Gasteiger partial charge < -0.3 is 5.73 Å². The molecule has 2 aromatic rings. The summed E-state index contributed by atoms with van der Waals surface area (Å²) in [6.45, 7) is 0.534. The summed E-state index contributed by atoms with van der Waals surface area (Å²) in [4.78, 5) is 10.8. The maximum absolute atomic E-state index is 5.81. The minimum absolute atomic E-state index is 0.534. The van der Waals surface area contributed by atoms with Crippen LogP contribution >= 0.6 is 23.5 Å². The largest absolute Gasteiger partial charge is 0.326 e. The molecule has 0 fully saturated rings. The van der Waals surface area contributed by atoms with E-state index in [9.17, 15) is 0 Å². The third-order valence-corrected chi connectivity index (χ3v) is 4.08. The highest BCUT2D eigenvalue weighted by molar-refractivity contribution is 7.99. The topological polar surface area (TPSA) is 51.8 Å². The van der Waals surface area contributed by atoms with Gasteiger partial charge in [-0.25, -0.2) is 9.97 Å². The zero-order valence-corrected chi connectivity index (χ0v) is 11.1. The van der Waals surface area contributed by atoms with E-state index in [1.165, 1.54) is 4.90 Å². The molecular formula is C12H13N3S2. The van der Waals surface area contributed by atoms with Crippen molar-refractivity contribution in [1.82, 2.24) is 9.97 Å². The van der Waals surface area contributed by atoms with Gasteiger partial charge in [0, 0.05) is 28.7 Å². The van der Waals surface area contributed by atoms with Gasteiger partial charge in [-0.1, -0.05) is 6.07 Å². The van der Waals surface area contributed by atoms with Gasteiger partial charge in [0.2, 0.25) is 0 Å². The molecule has 3 nitrogen and oxygen atoms in total. The SMILES string of the molecule is CSc1cccc(Sc2ncccn2)c1CN. The van der Waals surface area contributed by atoms with Crippen LogP contribution in [0.2, 0.25) is 0 Å². The van der Waals surface area contributed by atoms with Gasteiger partial charge in [-0.05, 0) is 41.8 Å². The summed E-state index contributed by atoms with van der Waals surface area (Å²) in [7, 11) is 0. The van der Waals surface area contributed by atoms with Crippen LogP contribution in [0.5, 0.6) is 0 Å². The Bertz CT molecular complexity index is 488. The van der Waals surface area contributed by atoms with E-state index in [4.69, 9.17) is 5.73 Å². The van der Waals surface area contributed by atoms with Crippen LogP contribution < -0.4 is 5.73 Å². The van der Waals surface area contributed by atoms with Crippen LogP contribution in [0.3, 0.4) is 0 Å². The van der Waals surface area contributed by atoms with Crippen LogP contribution in [0.15, 0.2) is 51.6 Å². The molecule has 88 valence electrons. The zero-order chi connectivity index (χ0) is 12.1. The first-order chi connectivity index (χ1) is 8.35. The maximum atomic E-state index is 5.81. The Morgan fingerprint density at radius 3 is 2.47 bits per heavy atom. The van der Waals surface area contributed by atoms with E-state index < -0.39 is 0 Å². The highest BCUT2D eigenvalue weighted by Crippen LogP contribution is 2.32. The predicted molar refractivity (Wildman–Crippen MR) is 72.3 cm³/mol. The number of hydrogen-bond acceptors (Lipinski definition) is 5. The van der Waals surface area contributed by atoms with Crippen LogP contribution in [0.1, 0.15) is 5.56 Å². The molecule has 0 saturated carbocycles. The summed E-state index contributed by atoms with van der Waals surface area (Å²) < 4.78 is 0. The molecule has 0 spiro atoms. The maximum Gasteiger partial charge on any atom is 0.192 e. The molecule has 17 heavy (non-hydrogen) atoms.